The molecule has 8 heteroatoms. The molecule has 0 aromatic heterocycles. The predicted octanol–water partition coefficient (Wildman–Crippen LogP) is 4.36. The Morgan fingerprint density at radius 2 is 1.60 bits per heavy atom. The van der Waals surface area contributed by atoms with Gasteiger partial charge in [0.05, 0.1) is 5.69 Å². The van der Waals surface area contributed by atoms with Gasteiger partial charge in [-0.2, -0.15) is 0 Å². The Kier molecular flexibility index (Phi) is 5.37. The zero-order valence-corrected chi connectivity index (χ0v) is 14.0. The third kappa shape index (κ3) is 4.11. The molecule has 0 saturated carbocycles. The summed E-state index contributed by atoms with van der Waals surface area (Å²) in [4.78, 5) is 24.6. The maximum absolute atomic E-state index is 13.7. The fraction of sp³-hybridized carbons (Fsp3) is 0.176. The Bertz CT molecular complexity index is 841. The monoisotopic (exact) mass is 370 g/mol. The summed E-state index contributed by atoms with van der Waals surface area (Å²) in [6, 6.07) is 7.83. The molecule has 0 saturated heterocycles. The topological polar surface area (TPSA) is 58.2 Å². The number of carbonyl (C=O) groups excluding carboxylic acids is 2. The second-order valence-electron chi connectivity index (χ2n) is 5.77. The van der Waals surface area contributed by atoms with Gasteiger partial charge >= 0.3 is 0 Å². The van der Waals surface area contributed by atoms with Crippen LogP contribution in [0.1, 0.15) is 13.8 Å². The molecule has 2 aromatic carbocycles. The van der Waals surface area contributed by atoms with E-state index < -0.39 is 40.4 Å². The normalized spacial score (nSPS) is 11.1. The summed E-state index contributed by atoms with van der Waals surface area (Å²) in [7, 11) is 0. The van der Waals surface area contributed by atoms with E-state index in [-0.39, 0.29) is 0 Å². The molecule has 2 aromatic rings. The van der Waals surface area contributed by atoms with E-state index in [1.807, 2.05) is 0 Å². The van der Waals surface area contributed by atoms with Crippen molar-refractivity contribution in [3.8, 4) is 0 Å². The lowest BCUT2D eigenvalue weighted by atomic mass is 9.90. The molecule has 2 N–H and O–H groups in total. The van der Waals surface area contributed by atoms with Crippen LogP contribution in [0, 0.1) is 22.9 Å². The predicted molar refractivity (Wildman–Crippen MR) is 88.8 cm³/mol. The molecule has 4 nitrogen and oxygen atoms in total. The van der Waals surface area contributed by atoms with Crippen molar-refractivity contribution >= 4 is 34.8 Å². The molecule has 132 valence electrons. The van der Waals surface area contributed by atoms with Gasteiger partial charge in [0, 0.05) is 10.7 Å². The molecule has 2 rings (SSSR count). The zero-order chi connectivity index (χ0) is 18.8. The first-order chi connectivity index (χ1) is 11.6. The Balaban J connectivity index is 2.16. The average Bonchev–Trinajstić information content (AvgIpc) is 2.55. The lowest BCUT2D eigenvalue weighted by Gasteiger charge is -2.23. The van der Waals surface area contributed by atoms with Gasteiger partial charge in [0.2, 0.25) is 11.8 Å². The van der Waals surface area contributed by atoms with Gasteiger partial charge in [0.1, 0.15) is 5.41 Å². The highest BCUT2D eigenvalue weighted by atomic mass is 35.5. The first-order valence-electron chi connectivity index (χ1n) is 7.15. The second-order valence-corrected chi connectivity index (χ2v) is 6.20. The van der Waals surface area contributed by atoms with Crippen molar-refractivity contribution in [2.24, 2.45) is 5.41 Å². The highest BCUT2D eigenvalue weighted by Gasteiger charge is 2.36. The molecule has 2 amide bonds. The van der Waals surface area contributed by atoms with E-state index in [1.165, 1.54) is 19.9 Å². The smallest absolute Gasteiger partial charge is 0.239 e. The summed E-state index contributed by atoms with van der Waals surface area (Å²) in [6.07, 6.45) is 0. The number of nitrogens with one attached hydrogen (secondary N) is 2. The molecule has 0 spiro atoms. The molecule has 0 unspecified atom stereocenters. The molecule has 0 bridgehead atoms. The summed E-state index contributed by atoms with van der Waals surface area (Å²) in [6.45, 7) is 2.61. The van der Waals surface area contributed by atoms with Crippen molar-refractivity contribution in [1.29, 1.82) is 0 Å². The van der Waals surface area contributed by atoms with Gasteiger partial charge in [-0.3, -0.25) is 9.59 Å². The van der Waals surface area contributed by atoms with Gasteiger partial charge in [0.15, 0.2) is 17.5 Å². The Labute approximate surface area is 147 Å². The van der Waals surface area contributed by atoms with Crippen molar-refractivity contribution in [3.63, 3.8) is 0 Å². The van der Waals surface area contributed by atoms with E-state index in [4.69, 9.17) is 11.6 Å². The lowest BCUT2D eigenvalue weighted by Crippen LogP contribution is -2.41. The average molecular weight is 371 g/mol. The number of anilines is 2. The van der Waals surface area contributed by atoms with Gasteiger partial charge in [-0.1, -0.05) is 17.7 Å². The van der Waals surface area contributed by atoms with Gasteiger partial charge < -0.3 is 10.6 Å². The summed E-state index contributed by atoms with van der Waals surface area (Å²) < 4.78 is 39.8. The number of benzene rings is 2. The Morgan fingerprint density at radius 3 is 2.24 bits per heavy atom. The van der Waals surface area contributed by atoms with E-state index in [1.54, 1.807) is 18.2 Å². The molecule has 0 aliphatic heterocycles. The van der Waals surface area contributed by atoms with E-state index >= 15 is 0 Å². The van der Waals surface area contributed by atoms with Crippen LogP contribution in [0.5, 0.6) is 0 Å². The summed E-state index contributed by atoms with van der Waals surface area (Å²) in [5.41, 5.74) is -1.82. The molecule has 0 radical (unpaired) electrons. The summed E-state index contributed by atoms with van der Waals surface area (Å²) in [5, 5.41) is 4.99. The van der Waals surface area contributed by atoms with Gasteiger partial charge in [-0.25, -0.2) is 13.2 Å². The molecular formula is C17H14ClF3N2O2. The van der Waals surface area contributed by atoms with Crippen molar-refractivity contribution in [2.45, 2.75) is 13.8 Å². The molecule has 25 heavy (non-hydrogen) atoms. The molecule has 0 heterocycles. The Morgan fingerprint density at radius 1 is 0.960 bits per heavy atom. The summed E-state index contributed by atoms with van der Waals surface area (Å²) >= 11 is 5.82. The maximum Gasteiger partial charge on any atom is 0.239 e. The minimum Gasteiger partial charge on any atom is -0.325 e. The molecule has 0 atom stereocenters. The van der Waals surface area contributed by atoms with E-state index in [2.05, 4.69) is 10.6 Å². The molecular weight excluding hydrogens is 357 g/mol. The number of halogens is 4. The van der Waals surface area contributed by atoms with Crippen molar-refractivity contribution in [1.82, 2.24) is 0 Å². The number of hydrogen-bond acceptors (Lipinski definition) is 2. The highest BCUT2D eigenvalue weighted by molar-refractivity contribution is 6.31. The fourth-order valence-electron chi connectivity index (χ4n) is 1.86. The van der Waals surface area contributed by atoms with Crippen LogP contribution >= 0.6 is 11.6 Å². The number of amides is 2. The molecule has 0 aliphatic rings. The van der Waals surface area contributed by atoms with Crippen LogP contribution < -0.4 is 10.6 Å². The first-order valence-corrected chi connectivity index (χ1v) is 7.52. The quantitative estimate of drug-likeness (QED) is 0.620. The minimum absolute atomic E-state index is 0.373. The highest BCUT2D eigenvalue weighted by Crippen LogP contribution is 2.25. The number of carbonyl (C=O) groups is 2. The Hall–Kier alpha value is -2.54. The van der Waals surface area contributed by atoms with E-state index in [0.717, 1.165) is 6.07 Å². The van der Waals surface area contributed by atoms with Crippen molar-refractivity contribution in [3.05, 3.63) is 58.9 Å². The van der Waals surface area contributed by atoms with Crippen molar-refractivity contribution in [2.75, 3.05) is 10.6 Å². The molecule has 0 aliphatic carbocycles. The molecule has 0 fully saturated rings. The van der Waals surface area contributed by atoms with Crippen LogP contribution in [0.4, 0.5) is 24.5 Å². The number of rotatable bonds is 4. The van der Waals surface area contributed by atoms with Crippen LogP contribution in [-0.4, -0.2) is 11.8 Å². The van der Waals surface area contributed by atoms with Gasteiger partial charge in [0.25, 0.3) is 0 Å². The lowest BCUT2D eigenvalue weighted by molar-refractivity contribution is -0.135. The third-order valence-electron chi connectivity index (χ3n) is 3.50. The van der Waals surface area contributed by atoms with Crippen LogP contribution in [0.3, 0.4) is 0 Å². The minimum atomic E-state index is -1.71. The number of hydrogen-bond donors (Lipinski definition) is 2. The zero-order valence-electron chi connectivity index (χ0n) is 13.3. The second kappa shape index (κ2) is 7.14. The summed E-state index contributed by atoms with van der Waals surface area (Å²) in [5.74, 6) is -6.21. The van der Waals surface area contributed by atoms with E-state index in [9.17, 15) is 22.8 Å². The largest absolute Gasteiger partial charge is 0.325 e. The van der Waals surface area contributed by atoms with Gasteiger partial charge in [-0.15, -0.1) is 0 Å². The van der Waals surface area contributed by atoms with Crippen LogP contribution in [0.15, 0.2) is 36.4 Å². The van der Waals surface area contributed by atoms with Crippen LogP contribution in [0.2, 0.25) is 5.02 Å². The first kappa shape index (κ1) is 18.8. The third-order valence-corrected chi connectivity index (χ3v) is 3.74. The maximum atomic E-state index is 13.7. The van der Waals surface area contributed by atoms with Crippen LogP contribution in [-0.2, 0) is 9.59 Å². The standard InChI is InChI=1S/C17H14ClF3N2O2/c1-17(2,15(24)22-10-5-3-4-9(18)8-10)16(25)23-12-7-6-11(19)13(20)14(12)21/h3-8H,1-2H3,(H,22,24)(H,23,25). The van der Waals surface area contributed by atoms with Crippen LogP contribution in [0.25, 0.3) is 0 Å². The SMILES string of the molecule is CC(C)(C(=O)Nc1cccc(Cl)c1)C(=O)Nc1ccc(F)c(F)c1F. The van der Waals surface area contributed by atoms with Gasteiger partial charge in [-0.05, 0) is 44.2 Å². The van der Waals surface area contributed by atoms with E-state index in [0.29, 0.717) is 16.8 Å². The fourth-order valence-corrected chi connectivity index (χ4v) is 2.05. The van der Waals surface area contributed by atoms with Crippen molar-refractivity contribution < 1.29 is 22.8 Å².